The second-order valence-electron chi connectivity index (χ2n) is 8.24. The van der Waals surface area contributed by atoms with Crippen molar-refractivity contribution in [2.45, 2.75) is 38.4 Å². The normalized spacial score (nSPS) is 15.4. The molecule has 2 amide bonds. The highest BCUT2D eigenvalue weighted by Gasteiger charge is 2.31. The maximum Gasteiger partial charge on any atom is 0.416 e. The van der Waals surface area contributed by atoms with Crippen molar-refractivity contribution in [2.75, 3.05) is 5.32 Å². The average Bonchev–Trinajstić information content (AvgIpc) is 2.79. The predicted octanol–water partition coefficient (Wildman–Crippen LogP) is 5.71. The van der Waals surface area contributed by atoms with Crippen molar-refractivity contribution < 1.29 is 22.8 Å². The van der Waals surface area contributed by atoms with Gasteiger partial charge in [-0.25, -0.2) is 4.98 Å². The van der Waals surface area contributed by atoms with Gasteiger partial charge in [-0.15, -0.1) is 0 Å². The lowest BCUT2D eigenvalue weighted by Gasteiger charge is -2.26. The summed E-state index contributed by atoms with van der Waals surface area (Å²) in [5.74, 6) is -1.12. The maximum absolute atomic E-state index is 13.1. The van der Waals surface area contributed by atoms with Crippen molar-refractivity contribution in [3.05, 3.63) is 92.7 Å². The summed E-state index contributed by atoms with van der Waals surface area (Å²) >= 11 is 3.56. The number of anilines is 1. The van der Waals surface area contributed by atoms with Crippen molar-refractivity contribution in [3.63, 3.8) is 0 Å². The quantitative estimate of drug-likeness (QED) is 0.452. The number of carbonyl (C=O) groups is 2. The second-order valence-corrected chi connectivity index (χ2v) is 9.09. The van der Waals surface area contributed by atoms with Crippen LogP contribution in [0.25, 0.3) is 0 Å². The Kier molecular flexibility index (Phi) is 6.74. The molecule has 176 valence electrons. The van der Waals surface area contributed by atoms with Crippen molar-refractivity contribution in [3.8, 4) is 0 Å². The zero-order valence-electron chi connectivity index (χ0n) is 18.2. The van der Waals surface area contributed by atoms with Gasteiger partial charge in [0.1, 0.15) is 11.4 Å². The summed E-state index contributed by atoms with van der Waals surface area (Å²) in [7, 11) is 0. The van der Waals surface area contributed by atoms with E-state index in [-0.39, 0.29) is 23.1 Å². The predicted molar refractivity (Wildman–Crippen MR) is 126 cm³/mol. The summed E-state index contributed by atoms with van der Waals surface area (Å²) in [6.07, 6.45) is -2.23. The largest absolute Gasteiger partial charge is 0.416 e. The highest BCUT2D eigenvalue weighted by molar-refractivity contribution is 9.10. The molecule has 0 bridgehead atoms. The zero-order valence-corrected chi connectivity index (χ0v) is 19.8. The molecule has 1 atom stereocenters. The van der Waals surface area contributed by atoms with Crippen LogP contribution >= 0.6 is 15.9 Å². The number of rotatable bonds is 4. The molecule has 2 N–H and O–H groups in total. The van der Waals surface area contributed by atoms with Gasteiger partial charge >= 0.3 is 6.18 Å². The van der Waals surface area contributed by atoms with Gasteiger partial charge < -0.3 is 10.6 Å². The highest BCUT2D eigenvalue weighted by atomic mass is 79.9. The molecule has 1 unspecified atom stereocenters. The summed E-state index contributed by atoms with van der Waals surface area (Å²) in [5.41, 5.74) is 1.90. The molecule has 0 radical (unpaired) electrons. The number of amides is 2. The molecule has 0 saturated heterocycles. The van der Waals surface area contributed by atoms with Crippen LogP contribution in [0.1, 0.15) is 49.7 Å². The molecule has 3 aromatic rings. The fourth-order valence-corrected chi connectivity index (χ4v) is 4.60. The molecule has 0 fully saturated rings. The first-order valence-corrected chi connectivity index (χ1v) is 11.4. The van der Waals surface area contributed by atoms with Crippen molar-refractivity contribution in [1.29, 1.82) is 0 Å². The van der Waals surface area contributed by atoms with Crippen molar-refractivity contribution in [1.82, 2.24) is 10.3 Å². The fraction of sp³-hybridized carbons (Fsp3) is 0.240. The van der Waals surface area contributed by atoms with Crippen LogP contribution in [0, 0.1) is 6.92 Å². The number of carbonyl (C=O) groups excluding carboxylic acids is 2. The van der Waals surface area contributed by atoms with Crippen LogP contribution in [0.5, 0.6) is 0 Å². The van der Waals surface area contributed by atoms with Crippen LogP contribution in [0.3, 0.4) is 0 Å². The van der Waals surface area contributed by atoms with Gasteiger partial charge in [0.25, 0.3) is 11.8 Å². The third-order valence-corrected chi connectivity index (χ3v) is 6.38. The summed E-state index contributed by atoms with van der Waals surface area (Å²) < 4.78 is 40.2. The monoisotopic (exact) mass is 531 g/mol. The summed E-state index contributed by atoms with van der Waals surface area (Å²) in [6, 6.07) is 13.7. The highest BCUT2D eigenvalue weighted by Crippen LogP contribution is 2.32. The number of nitrogens with zero attached hydrogens (tertiary/aromatic N) is 1. The standard InChI is InChI=1S/C25H21BrF3N3O2/c1-14-10-16(25(27,28)29)12-18(11-14)31-24(34)22-7-3-6-21(32-22)23(33)30-17-9-8-15-4-2-5-20(26)19(15)13-17/h2-7,10-12,17H,8-9,13H2,1H3,(H,30,33)(H,31,34). The van der Waals surface area contributed by atoms with Crippen LogP contribution < -0.4 is 10.6 Å². The molecule has 0 saturated carbocycles. The average molecular weight is 532 g/mol. The first-order valence-electron chi connectivity index (χ1n) is 10.6. The van der Waals surface area contributed by atoms with Gasteiger partial charge in [0.05, 0.1) is 5.56 Å². The van der Waals surface area contributed by atoms with Crippen LogP contribution in [-0.2, 0) is 19.0 Å². The van der Waals surface area contributed by atoms with Crippen LogP contribution in [-0.4, -0.2) is 22.8 Å². The maximum atomic E-state index is 13.1. The van der Waals surface area contributed by atoms with E-state index in [2.05, 4.69) is 37.6 Å². The van der Waals surface area contributed by atoms with Gasteiger partial charge in [-0.2, -0.15) is 13.2 Å². The Morgan fingerprint density at radius 3 is 2.47 bits per heavy atom. The van der Waals surface area contributed by atoms with Crippen LogP contribution in [0.4, 0.5) is 18.9 Å². The Balaban J connectivity index is 1.46. The number of alkyl halides is 3. The molecule has 0 spiro atoms. The summed E-state index contributed by atoms with van der Waals surface area (Å²) in [4.78, 5) is 29.6. The first-order chi connectivity index (χ1) is 16.1. The van der Waals surface area contributed by atoms with E-state index in [1.165, 1.54) is 36.8 Å². The number of hydrogen-bond donors (Lipinski definition) is 2. The molecule has 9 heteroatoms. The van der Waals surface area contributed by atoms with E-state index in [4.69, 9.17) is 0 Å². The molecular formula is C25H21BrF3N3O2. The Morgan fingerprint density at radius 2 is 1.74 bits per heavy atom. The third-order valence-electron chi connectivity index (χ3n) is 5.64. The van der Waals surface area contributed by atoms with Crippen LogP contribution in [0.15, 0.2) is 59.1 Å². The van der Waals surface area contributed by atoms with E-state index in [1.807, 2.05) is 12.1 Å². The van der Waals surface area contributed by atoms with E-state index in [0.29, 0.717) is 12.0 Å². The molecule has 5 nitrogen and oxygen atoms in total. The molecule has 4 rings (SSSR count). The minimum absolute atomic E-state index is 0.000396. The molecule has 1 aromatic heterocycles. The molecule has 1 aliphatic carbocycles. The van der Waals surface area contributed by atoms with Gasteiger partial charge in [0.15, 0.2) is 0 Å². The van der Waals surface area contributed by atoms with Gasteiger partial charge in [-0.1, -0.05) is 34.1 Å². The molecule has 1 heterocycles. The molecule has 2 aromatic carbocycles. The summed E-state index contributed by atoms with van der Waals surface area (Å²) in [6.45, 7) is 1.51. The molecule has 1 aliphatic rings. The molecule has 0 aliphatic heterocycles. The van der Waals surface area contributed by atoms with Crippen molar-refractivity contribution in [2.24, 2.45) is 0 Å². The van der Waals surface area contributed by atoms with Crippen LogP contribution in [0.2, 0.25) is 0 Å². The van der Waals surface area contributed by atoms with E-state index in [0.717, 1.165) is 35.0 Å². The first kappa shape index (κ1) is 23.9. The number of aromatic nitrogens is 1. The number of hydrogen-bond acceptors (Lipinski definition) is 3. The Morgan fingerprint density at radius 1 is 1.03 bits per heavy atom. The Bertz CT molecular complexity index is 1260. The van der Waals surface area contributed by atoms with E-state index < -0.39 is 23.6 Å². The lowest BCUT2D eigenvalue weighted by molar-refractivity contribution is -0.137. The number of benzene rings is 2. The third kappa shape index (κ3) is 5.47. The number of nitrogens with one attached hydrogen (secondary N) is 2. The molecular weight excluding hydrogens is 511 g/mol. The summed E-state index contributed by atoms with van der Waals surface area (Å²) in [5, 5.41) is 5.41. The number of pyridine rings is 1. The lowest BCUT2D eigenvalue weighted by atomic mass is 9.88. The smallest absolute Gasteiger partial charge is 0.348 e. The Labute approximate surface area is 202 Å². The lowest BCUT2D eigenvalue weighted by Crippen LogP contribution is -2.39. The molecule has 34 heavy (non-hydrogen) atoms. The number of aryl methyl sites for hydroxylation is 2. The zero-order chi connectivity index (χ0) is 24.5. The SMILES string of the molecule is Cc1cc(NC(=O)c2cccc(C(=O)NC3CCc4cccc(Br)c4C3)n2)cc(C(F)(F)F)c1. The minimum Gasteiger partial charge on any atom is -0.348 e. The Hall–Kier alpha value is -3.20. The van der Waals surface area contributed by atoms with E-state index in [1.54, 1.807) is 0 Å². The van der Waals surface area contributed by atoms with Crippen molar-refractivity contribution >= 4 is 33.4 Å². The second kappa shape index (κ2) is 9.58. The van der Waals surface area contributed by atoms with Gasteiger partial charge in [0.2, 0.25) is 0 Å². The van der Waals surface area contributed by atoms with Gasteiger partial charge in [0, 0.05) is 16.2 Å². The van der Waals surface area contributed by atoms with Gasteiger partial charge in [-0.3, -0.25) is 9.59 Å². The number of fused-ring (bicyclic) bond motifs is 1. The van der Waals surface area contributed by atoms with Gasteiger partial charge in [-0.05, 0) is 79.3 Å². The minimum atomic E-state index is -4.53. The van der Waals surface area contributed by atoms with E-state index in [9.17, 15) is 22.8 Å². The number of halogens is 4. The van der Waals surface area contributed by atoms with E-state index >= 15 is 0 Å². The fourth-order valence-electron chi connectivity index (χ4n) is 4.03. The topological polar surface area (TPSA) is 71.1 Å².